The summed E-state index contributed by atoms with van der Waals surface area (Å²) >= 11 is 0. The summed E-state index contributed by atoms with van der Waals surface area (Å²) in [6, 6.07) is 5.23. The van der Waals surface area contributed by atoms with Gasteiger partial charge in [-0.25, -0.2) is 4.39 Å². The lowest BCUT2D eigenvalue weighted by atomic mass is 10.0. The average molecular weight is 312 g/mol. The van der Waals surface area contributed by atoms with Crippen molar-refractivity contribution in [3.8, 4) is 11.5 Å². The first-order chi connectivity index (χ1) is 10.4. The zero-order valence-corrected chi connectivity index (χ0v) is 13.9. The maximum absolute atomic E-state index is 13.4. The van der Waals surface area contributed by atoms with Crippen molar-refractivity contribution >= 4 is 5.97 Å². The van der Waals surface area contributed by atoms with Crippen molar-refractivity contribution in [2.75, 3.05) is 13.7 Å². The maximum Gasteiger partial charge on any atom is 0.310 e. The molecular weight excluding hydrogens is 287 g/mol. The van der Waals surface area contributed by atoms with E-state index in [1.54, 1.807) is 39.2 Å². The van der Waals surface area contributed by atoms with Crippen molar-refractivity contribution in [1.82, 2.24) is 0 Å². The van der Waals surface area contributed by atoms with Gasteiger partial charge in [-0.1, -0.05) is 13.0 Å². The number of alkyl halides is 1. The molecule has 0 aliphatic rings. The molecule has 0 heterocycles. The quantitative estimate of drug-likeness (QED) is 0.689. The second-order valence-electron chi connectivity index (χ2n) is 5.32. The predicted octanol–water partition coefficient (Wildman–Crippen LogP) is 3.56. The molecule has 124 valence electrons. The van der Waals surface area contributed by atoms with Gasteiger partial charge in [-0.2, -0.15) is 0 Å². The van der Waals surface area contributed by atoms with Crippen LogP contribution in [0.1, 0.15) is 33.3 Å². The van der Waals surface area contributed by atoms with Crippen LogP contribution in [0.3, 0.4) is 0 Å². The van der Waals surface area contributed by atoms with Gasteiger partial charge in [0.1, 0.15) is 23.8 Å². The number of carbonyl (C=O) groups excluding carboxylic acids is 1. The summed E-state index contributed by atoms with van der Waals surface area (Å²) in [6.45, 7) is 7.21. The lowest BCUT2D eigenvalue weighted by Crippen LogP contribution is -2.28. The summed E-state index contributed by atoms with van der Waals surface area (Å²) in [6.07, 6.45) is -1.19. The minimum Gasteiger partial charge on any atom is -0.497 e. The Kier molecular flexibility index (Phi) is 7.15. The summed E-state index contributed by atoms with van der Waals surface area (Å²) in [5.41, 5.74) is 0.699. The SMILES string of the molecule is CCOC(=O)Cc1ccc(OC)cc1OC(C)[C@@H](C)C(C)F. The van der Waals surface area contributed by atoms with E-state index in [1.807, 2.05) is 6.92 Å². The Morgan fingerprint density at radius 3 is 2.50 bits per heavy atom. The molecule has 0 N–H and O–H groups in total. The van der Waals surface area contributed by atoms with Crippen LogP contribution in [0.25, 0.3) is 0 Å². The summed E-state index contributed by atoms with van der Waals surface area (Å²) in [5.74, 6) is 0.557. The molecule has 2 unspecified atom stereocenters. The molecule has 0 saturated carbocycles. The number of carbonyl (C=O) groups is 1. The zero-order chi connectivity index (χ0) is 16.7. The number of benzene rings is 1. The molecule has 0 spiro atoms. The van der Waals surface area contributed by atoms with Crippen molar-refractivity contribution in [2.24, 2.45) is 5.92 Å². The Hall–Kier alpha value is -1.78. The highest BCUT2D eigenvalue weighted by atomic mass is 19.1. The molecule has 0 bridgehead atoms. The van der Waals surface area contributed by atoms with Gasteiger partial charge >= 0.3 is 5.97 Å². The molecule has 5 heteroatoms. The summed E-state index contributed by atoms with van der Waals surface area (Å²) in [4.78, 5) is 11.7. The smallest absolute Gasteiger partial charge is 0.310 e. The number of ether oxygens (including phenoxy) is 3. The van der Waals surface area contributed by atoms with E-state index in [4.69, 9.17) is 14.2 Å². The third kappa shape index (κ3) is 5.20. The fourth-order valence-electron chi connectivity index (χ4n) is 1.97. The first kappa shape index (κ1) is 18.3. The second-order valence-corrected chi connectivity index (χ2v) is 5.32. The topological polar surface area (TPSA) is 44.8 Å². The van der Waals surface area contributed by atoms with Gasteiger partial charge in [0.05, 0.1) is 20.1 Å². The van der Waals surface area contributed by atoms with Crippen LogP contribution in [-0.4, -0.2) is 32.0 Å². The van der Waals surface area contributed by atoms with Crippen LogP contribution in [0.2, 0.25) is 0 Å². The van der Waals surface area contributed by atoms with E-state index in [1.165, 1.54) is 6.92 Å². The minimum absolute atomic E-state index is 0.111. The molecule has 0 fully saturated rings. The third-order valence-electron chi connectivity index (χ3n) is 3.69. The van der Waals surface area contributed by atoms with Crippen molar-refractivity contribution in [1.29, 1.82) is 0 Å². The van der Waals surface area contributed by atoms with Gasteiger partial charge in [-0.15, -0.1) is 0 Å². The largest absolute Gasteiger partial charge is 0.497 e. The third-order valence-corrected chi connectivity index (χ3v) is 3.69. The molecule has 1 aromatic rings. The Labute approximate surface area is 131 Å². The standard InChI is InChI=1S/C17H25FO4/c1-6-21-17(19)9-14-7-8-15(20-5)10-16(14)22-13(4)11(2)12(3)18/h7-8,10-13H,6,9H2,1-5H3/t11-,12?,13?/m0/s1. The molecule has 0 aromatic heterocycles. The first-order valence-electron chi connectivity index (χ1n) is 7.52. The number of halogens is 1. The lowest BCUT2D eigenvalue weighted by Gasteiger charge is -2.24. The van der Waals surface area contributed by atoms with E-state index in [2.05, 4.69) is 0 Å². The summed E-state index contributed by atoms with van der Waals surface area (Å²) < 4.78 is 29.4. The van der Waals surface area contributed by atoms with Gasteiger partial charge in [0.2, 0.25) is 0 Å². The fourth-order valence-corrected chi connectivity index (χ4v) is 1.97. The van der Waals surface area contributed by atoms with Crippen molar-refractivity contribution < 1.29 is 23.4 Å². The van der Waals surface area contributed by atoms with Crippen LogP contribution >= 0.6 is 0 Å². The van der Waals surface area contributed by atoms with Crippen molar-refractivity contribution in [3.05, 3.63) is 23.8 Å². The molecule has 3 atom stereocenters. The number of esters is 1. The molecule has 22 heavy (non-hydrogen) atoms. The molecule has 0 amide bonds. The highest BCUT2D eigenvalue weighted by Crippen LogP contribution is 2.28. The van der Waals surface area contributed by atoms with Gasteiger partial charge in [0.25, 0.3) is 0 Å². The second kappa shape index (κ2) is 8.61. The first-order valence-corrected chi connectivity index (χ1v) is 7.52. The van der Waals surface area contributed by atoms with Gasteiger partial charge in [-0.05, 0) is 26.8 Å². The highest BCUT2D eigenvalue weighted by molar-refractivity contribution is 5.73. The Bertz CT molecular complexity index is 488. The molecule has 0 aliphatic heterocycles. The van der Waals surface area contributed by atoms with E-state index < -0.39 is 6.17 Å². The van der Waals surface area contributed by atoms with E-state index in [-0.39, 0.29) is 24.4 Å². The molecule has 4 nitrogen and oxygen atoms in total. The average Bonchev–Trinajstić information content (AvgIpc) is 2.48. The van der Waals surface area contributed by atoms with Crippen LogP contribution in [0.15, 0.2) is 18.2 Å². The number of methoxy groups -OCH3 is 1. The van der Waals surface area contributed by atoms with Crippen LogP contribution in [0.5, 0.6) is 11.5 Å². The zero-order valence-electron chi connectivity index (χ0n) is 13.9. The van der Waals surface area contributed by atoms with Crippen LogP contribution in [-0.2, 0) is 16.0 Å². The Morgan fingerprint density at radius 2 is 1.95 bits per heavy atom. The lowest BCUT2D eigenvalue weighted by molar-refractivity contribution is -0.142. The van der Waals surface area contributed by atoms with Crippen LogP contribution in [0.4, 0.5) is 4.39 Å². The molecule has 0 radical (unpaired) electrons. The number of rotatable bonds is 8. The van der Waals surface area contributed by atoms with Gasteiger partial charge in [-0.3, -0.25) is 4.79 Å². The molecular formula is C17H25FO4. The normalized spacial score (nSPS) is 14.8. The molecule has 0 aliphatic carbocycles. The van der Waals surface area contributed by atoms with Crippen molar-refractivity contribution in [3.63, 3.8) is 0 Å². The summed E-state index contributed by atoms with van der Waals surface area (Å²) in [7, 11) is 1.56. The van der Waals surface area contributed by atoms with Crippen molar-refractivity contribution in [2.45, 2.75) is 46.4 Å². The molecule has 1 aromatic carbocycles. The monoisotopic (exact) mass is 312 g/mol. The number of hydrogen-bond donors (Lipinski definition) is 0. The van der Waals surface area contributed by atoms with Crippen LogP contribution < -0.4 is 9.47 Å². The van der Waals surface area contributed by atoms with E-state index in [0.717, 1.165) is 0 Å². The Morgan fingerprint density at radius 1 is 1.27 bits per heavy atom. The highest BCUT2D eigenvalue weighted by Gasteiger charge is 2.22. The minimum atomic E-state index is -0.978. The number of hydrogen-bond acceptors (Lipinski definition) is 4. The van der Waals surface area contributed by atoms with Gasteiger partial charge in [0.15, 0.2) is 0 Å². The maximum atomic E-state index is 13.4. The molecule has 1 rings (SSSR count). The fraction of sp³-hybridized carbons (Fsp3) is 0.588. The molecule has 0 saturated heterocycles. The Balaban J connectivity index is 2.95. The van der Waals surface area contributed by atoms with E-state index >= 15 is 0 Å². The van der Waals surface area contributed by atoms with Crippen LogP contribution in [0, 0.1) is 5.92 Å². The van der Waals surface area contributed by atoms with E-state index in [0.29, 0.717) is 23.7 Å². The predicted molar refractivity (Wildman–Crippen MR) is 83.2 cm³/mol. The van der Waals surface area contributed by atoms with E-state index in [9.17, 15) is 9.18 Å². The van der Waals surface area contributed by atoms with Gasteiger partial charge < -0.3 is 14.2 Å². The van der Waals surface area contributed by atoms with Gasteiger partial charge in [0, 0.05) is 17.5 Å². The summed E-state index contributed by atoms with van der Waals surface area (Å²) in [5, 5.41) is 0.